The van der Waals surface area contributed by atoms with Crippen LogP contribution in [0.4, 0.5) is 18.9 Å². The summed E-state index contributed by atoms with van der Waals surface area (Å²) in [6.45, 7) is 0. The van der Waals surface area contributed by atoms with Crippen molar-refractivity contribution in [3.05, 3.63) is 11.1 Å². The Kier molecular flexibility index (Phi) is 1.55. The molecule has 0 bridgehead atoms. The van der Waals surface area contributed by atoms with Crippen molar-refractivity contribution in [3.63, 3.8) is 0 Å². The van der Waals surface area contributed by atoms with E-state index in [0.29, 0.717) is 11.5 Å². The van der Waals surface area contributed by atoms with Crippen LogP contribution in [0.15, 0.2) is 6.20 Å². The van der Waals surface area contributed by atoms with Crippen LogP contribution in [0.1, 0.15) is 4.88 Å². The van der Waals surface area contributed by atoms with Crippen molar-refractivity contribution in [1.29, 1.82) is 0 Å². The Balaban J connectivity index is 3.05. The lowest BCUT2D eigenvalue weighted by atomic mass is 10.4. The molecule has 0 unspecified atom stereocenters. The van der Waals surface area contributed by atoms with E-state index in [1.54, 1.807) is 0 Å². The van der Waals surface area contributed by atoms with E-state index in [2.05, 4.69) is 4.37 Å². The zero-order valence-corrected chi connectivity index (χ0v) is 5.46. The Labute approximate surface area is 58.6 Å². The summed E-state index contributed by atoms with van der Waals surface area (Å²) in [4.78, 5) is -0.826. The van der Waals surface area contributed by atoms with Gasteiger partial charge in [-0.3, -0.25) is 0 Å². The van der Waals surface area contributed by atoms with E-state index in [9.17, 15) is 13.2 Å². The standard InChI is InChI=1S/C4H3F3N2S/c5-4(6,7)3-2(8)1-9-10-3/h1H,8H2. The van der Waals surface area contributed by atoms with Crippen LogP contribution in [0, 0.1) is 0 Å². The highest BCUT2D eigenvalue weighted by molar-refractivity contribution is 7.06. The van der Waals surface area contributed by atoms with Gasteiger partial charge >= 0.3 is 6.18 Å². The molecule has 1 rings (SSSR count). The van der Waals surface area contributed by atoms with Gasteiger partial charge in [0.2, 0.25) is 0 Å². The van der Waals surface area contributed by atoms with Gasteiger partial charge in [0.05, 0.1) is 11.9 Å². The van der Waals surface area contributed by atoms with Crippen LogP contribution >= 0.6 is 11.5 Å². The number of nitrogen functional groups attached to an aromatic ring is 1. The number of hydrogen-bond acceptors (Lipinski definition) is 3. The molecule has 6 heteroatoms. The highest BCUT2D eigenvalue weighted by Gasteiger charge is 2.35. The SMILES string of the molecule is Nc1cnsc1C(F)(F)F. The normalized spacial score (nSPS) is 11.9. The van der Waals surface area contributed by atoms with Gasteiger partial charge in [0, 0.05) is 0 Å². The summed E-state index contributed by atoms with van der Waals surface area (Å²) in [5.41, 5.74) is 4.65. The molecule has 0 fully saturated rings. The Morgan fingerprint density at radius 2 is 2.10 bits per heavy atom. The summed E-state index contributed by atoms with van der Waals surface area (Å²) in [7, 11) is 0. The van der Waals surface area contributed by atoms with E-state index < -0.39 is 11.1 Å². The largest absolute Gasteiger partial charge is 0.429 e. The number of nitrogens with zero attached hydrogens (tertiary/aromatic N) is 1. The number of halogens is 3. The van der Waals surface area contributed by atoms with Crippen molar-refractivity contribution in [2.24, 2.45) is 0 Å². The van der Waals surface area contributed by atoms with Gasteiger partial charge in [-0.2, -0.15) is 17.5 Å². The first-order chi connectivity index (χ1) is 4.52. The Hall–Kier alpha value is -0.780. The minimum atomic E-state index is -4.36. The summed E-state index contributed by atoms with van der Waals surface area (Å²) in [5.74, 6) is 0. The molecule has 1 heterocycles. The zero-order valence-electron chi connectivity index (χ0n) is 4.64. The smallest absolute Gasteiger partial charge is 0.396 e. The molecule has 10 heavy (non-hydrogen) atoms. The van der Waals surface area contributed by atoms with Gasteiger partial charge in [-0.25, -0.2) is 0 Å². The average molecular weight is 168 g/mol. The van der Waals surface area contributed by atoms with Gasteiger partial charge in [0.1, 0.15) is 0 Å². The molecular formula is C4H3F3N2S. The van der Waals surface area contributed by atoms with Gasteiger partial charge in [0.15, 0.2) is 4.88 Å². The molecule has 56 valence electrons. The molecule has 0 saturated carbocycles. The van der Waals surface area contributed by atoms with E-state index in [1.807, 2.05) is 0 Å². The Morgan fingerprint density at radius 3 is 2.30 bits per heavy atom. The summed E-state index contributed by atoms with van der Waals surface area (Å²) >= 11 is 0.356. The summed E-state index contributed by atoms with van der Waals surface area (Å²) < 4.78 is 38.6. The van der Waals surface area contributed by atoms with Crippen LogP contribution in [-0.4, -0.2) is 4.37 Å². The quantitative estimate of drug-likeness (QED) is 0.640. The Bertz CT molecular complexity index is 229. The predicted molar refractivity (Wildman–Crippen MR) is 31.5 cm³/mol. The summed E-state index contributed by atoms with van der Waals surface area (Å²) in [6.07, 6.45) is -3.36. The molecule has 0 aliphatic rings. The number of rotatable bonds is 0. The van der Waals surface area contributed by atoms with E-state index in [4.69, 9.17) is 5.73 Å². The molecular weight excluding hydrogens is 165 g/mol. The van der Waals surface area contributed by atoms with Crippen molar-refractivity contribution in [1.82, 2.24) is 4.37 Å². The number of anilines is 1. The van der Waals surface area contributed by atoms with Crippen molar-refractivity contribution in [2.45, 2.75) is 6.18 Å². The monoisotopic (exact) mass is 168 g/mol. The molecule has 0 aliphatic heterocycles. The minimum Gasteiger partial charge on any atom is -0.396 e. The molecule has 2 N–H and O–H groups in total. The fraction of sp³-hybridized carbons (Fsp3) is 0.250. The van der Waals surface area contributed by atoms with Crippen LogP contribution < -0.4 is 5.73 Å². The molecule has 0 atom stereocenters. The fourth-order valence-corrected chi connectivity index (χ4v) is 0.996. The third kappa shape index (κ3) is 1.21. The molecule has 0 radical (unpaired) electrons. The van der Waals surface area contributed by atoms with Crippen LogP contribution in [0.5, 0.6) is 0 Å². The lowest BCUT2D eigenvalue weighted by molar-refractivity contribution is -0.133. The predicted octanol–water partition coefficient (Wildman–Crippen LogP) is 1.74. The second-order valence-electron chi connectivity index (χ2n) is 1.61. The van der Waals surface area contributed by atoms with Crippen LogP contribution in [-0.2, 0) is 6.18 Å². The second kappa shape index (κ2) is 2.12. The van der Waals surface area contributed by atoms with Crippen LogP contribution in [0.25, 0.3) is 0 Å². The number of aromatic nitrogens is 1. The molecule has 2 nitrogen and oxygen atoms in total. The fourth-order valence-electron chi connectivity index (χ4n) is 0.463. The number of nitrogens with two attached hydrogens (primary N) is 1. The molecule has 0 aromatic carbocycles. The van der Waals surface area contributed by atoms with Gasteiger partial charge in [-0.05, 0) is 11.5 Å². The van der Waals surface area contributed by atoms with Crippen molar-refractivity contribution < 1.29 is 13.2 Å². The number of hydrogen-bond donors (Lipinski definition) is 1. The summed E-state index contributed by atoms with van der Waals surface area (Å²) in [6, 6.07) is 0. The maximum Gasteiger partial charge on any atom is 0.429 e. The second-order valence-corrected chi connectivity index (χ2v) is 2.41. The topological polar surface area (TPSA) is 38.9 Å². The minimum absolute atomic E-state index is 0.308. The maximum absolute atomic E-state index is 11.8. The van der Waals surface area contributed by atoms with Crippen LogP contribution in [0.2, 0.25) is 0 Å². The maximum atomic E-state index is 11.8. The van der Waals surface area contributed by atoms with Crippen LogP contribution in [0.3, 0.4) is 0 Å². The first-order valence-corrected chi connectivity index (χ1v) is 3.06. The van der Waals surface area contributed by atoms with Gasteiger partial charge < -0.3 is 5.73 Å². The van der Waals surface area contributed by atoms with Gasteiger partial charge in [0.25, 0.3) is 0 Å². The van der Waals surface area contributed by atoms with Crippen molar-refractivity contribution in [2.75, 3.05) is 5.73 Å². The molecule has 0 spiro atoms. The van der Waals surface area contributed by atoms with E-state index in [0.717, 1.165) is 6.20 Å². The van der Waals surface area contributed by atoms with E-state index in [1.165, 1.54) is 0 Å². The third-order valence-electron chi connectivity index (χ3n) is 0.855. The third-order valence-corrected chi connectivity index (χ3v) is 1.72. The Morgan fingerprint density at radius 1 is 1.50 bits per heavy atom. The molecule has 1 aromatic rings. The van der Waals surface area contributed by atoms with Gasteiger partial charge in [-0.15, -0.1) is 0 Å². The van der Waals surface area contributed by atoms with E-state index >= 15 is 0 Å². The lowest BCUT2D eigenvalue weighted by Crippen LogP contribution is -2.04. The van der Waals surface area contributed by atoms with Crippen molar-refractivity contribution in [3.8, 4) is 0 Å². The highest BCUT2D eigenvalue weighted by atomic mass is 32.1. The molecule has 0 aliphatic carbocycles. The molecule has 0 amide bonds. The van der Waals surface area contributed by atoms with Gasteiger partial charge in [-0.1, -0.05) is 0 Å². The lowest BCUT2D eigenvalue weighted by Gasteiger charge is -2.01. The number of alkyl halides is 3. The first-order valence-electron chi connectivity index (χ1n) is 2.29. The highest BCUT2D eigenvalue weighted by Crippen LogP contribution is 2.35. The van der Waals surface area contributed by atoms with E-state index in [-0.39, 0.29) is 5.69 Å². The first kappa shape index (κ1) is 7.33. The molecule has 1 aromatic heterocycles. The summed E-state index contributed by atoms with van der Waals surface area (Å²) in [5, 5.41) is 0. The molecule has 0 saturated heterocycles. The average Bonchev–Trinajstić information content (AvgIpc) is 2.11. The zero-order chi connectivity index (χ0) is 7.78. The van der Waals surface area contributed by atoms with Crippen molar-refractivity contribution >= 4 is 17.2 Å².